The number of nitrogens with one attached hydrogen (secondary N) is 1. The van der Waals surface area contributed by atoms with E-state index in [2.05, 4.69) is 31.3 Å². The third-order valence-electron chi connectivity index (χ3n) is 2.10. The van der Waals surface area contributed by atoms with Crippen molar-refractivity contribution in [1.82, 2.24) is 0 Å². The van der Waals surface area contributed by atoms with Crippen molar-refractivity contribution in [3.8, 4) is 0 Å². The van der Waals surface area contributed by atoms with Crippen LogP contribution < -0.4 is 4.90 Å². The van der Waals surface area contributed by atoms with Crippen LogP contribution in [0.1, 0.15) is 11.1 Å². The van der Waals surface area contributed by atoms with E-state index in [4.69, 9.17) is 0 Å². The first-order chi connectivity index (χ1) is 4.86. The summed E-state index contributed by atoms with van der Waals surface area (Å²) in [7, 11) is 2.24. The molecule has 0 fully saturated rings. The first-order valence-electron chi connectivity index (χ1n) is 3.74. The average Bonchev–Trinajstić information content (AvgIpc) is 2.27. The van der Waals surface area contributed by atoms with Crippen molar-refractivity contribution in [2.75, 3.05) is 7.05 Å². The molecule has 10 heavy (non-hydrogen) atoms. The maximum atomic E-state index is 2.24. The minimum absolute atomic E-state index is 1.20. The molecule has 0 atom stereocenters. The van der Waals surface area contributed by atoms with Gasteiger partial charge in [0.1, 0.15) is 13.1 Å². The summed E-state index contributed by atoms with van der Waals surface area (Å²) in [6.45, 7) is 2.41. The van der Waals surface area contributed by atoms with Crippen LogP contribution in [0.2, 0.25) is 0 Å². The minimum atomic E-state index is 1.20. The molecule has 0 unspecified atom stereocenters. The van der Waals surface area contributed by atoms with Crippen LogP contribution in [0, 0.1) is 0 Å². The Kier molecular flexibility index (Phi) is 1.24. The standard InChI is InChI=1S/C9H11N/c1-10-6-8-4-2-3-5-9(8)7-10/h2-5H,6-7H2,1H3/p+1. The van der Waals surface area contributed by atoms with E-state index in [1.54, 1.807) is 4.90 Å². The fraction of sp³-hybridized carbons (Fsp3) is 0.333. The molecule has 0 aliphatic carbocycles. The highest BCUT2D eigenvalue weighted by atomic mass is 15.1. The van der Waals surface area contributed by atoms with Crippen molar-refractivity contribution in [3.63, 3.8) is 0 Å². The van der Waals surface area contributed by atoms with Crippen molar-refractivity contribution in [3.05, 3.63) is 35.4 Å². The lowest BCUT2D eigenvalue weighted by Gasteiger charge is -2.00. The van der Waals surface area contributed by atoms with E-state index in [0.29, 0.717) is 0 Å². The molecule has 0 aromatic heterocycles. The zero-order valence-corrected chi connectivity index (χ0v) is 6.22. The third-order valence-corrected chi connectivity index (χ3v) is 2.10. The van der Waals surface area contributed by atoms with Gasteiger partial charge in [0, 0.05) is 11.1 Å². The molecule has 1 N–H and O–H groups in total. The van der Waals surface area contributed by atoms with Gasteiger partial charge in [-0.15, -0.1) is 0 Å². The highest BCUT2D eigenvalue weighted by Crippen LogP contribution is 2.09. The van der Waals surface area contributed by atoms with Crippen LogP contribution in [0.3, 0.4) is 0 Å². The summed E-state index contributed by atoms with van der Waals surface area (Å²) in [5, 5.41) is 0. The van der Waals surface area contributed by atoms with Crippen molar-refractivity contribution in [1.29, 1.82) is 0 Å². The highest BCUT2D eigenvalue weighted by molar-refractivity contribution is 5.27. The number of hydrogen-bond acceptors (Lipinski definition) is 0. The van der Waals surface area contributed by atoms with Crippen LogP contribution in [-0.2, 0) is 13.1 Å². The molecule has 52 valence electrons. The molecule has 1 aliphatic rings. The normalized spacial score (nSPS) is 17.3. The van der Waals surface area contributed by atoms with E-state index >= 15 is 0 Å². The maximum absolute atomic E-state index is 2.24. The molecule has 0 spiro atoms. The molecule has 0 bridgehead atoms. The SMILES string of the molecule is C[NH+]1Cc2ccccc2C1. The summed E-state index contributed by atoms with van der Waals surface area (Å²) in [5.41, 5.74) is 3.06. The van der Waals surface area contributed by atoms with Crippen molar-refractivity contribution >= 4 is 0 Å². The number of hydrogen-bond donors (Lipinski definition) is 1. The van der Waals surface area contributed by atoms with Gasteiger partial charge in [-0.3, -0.25) is 0 Å². The van der Waals surface area contributed by atoms with Crippen LogP contribution in [0.4, 0.5) is 0 Å². The fourth-order valence-corrected chi connectivity index (χ4v) is 1.62. The van der Waals surface area contributed by atoms with Gasteiger partial charge >= 0.3 is 0 Å². The quantitative estimate of drug-likeness (QED) is 0.517. The van der Waals surface area contributed by atoms with Crippen LogP contribution in [-0.4, -0.2) is 7.05 Å². The summed E-state index contributed by atoms with van der Waals surface area (Å²) in [4.78, 5) is 1.60. The van der Waals surface area contributed by atoms with Gasteiger partial charge in [-0.2, -0.15) is 0 Å². The second-order valence-electron chi connectivity index (χ2n) is 3.08. The second kappa shape index (κ2) is 2.10. The molecule has 1 aromatic carbocycles. The van der Waals surface area contributed by atoms with E-state index in [0.717, 1.165) is 0 Å². The summed E-state index contributed by atoms with van der Waals surface area (Å²) in [6.07, 6.45) is 0. The molecule has 1 heterocycles. The van der Waals surface area contributed by atoms with E-state index in [-0.39, 0.29) is 0 Å². The van der Waals surface area contributed by atoms with Gasteiger partial charge in [-0.1, -0.05) is 24.3 Å². The van der Waals surface area contributed by atoms with Crippen LogP contribution in [0.25, 0.3) is 0 Å². The summed E-state index contributed by atoms with van der Waals surface area (Å²) < 4.78 is 0. The first kappa shape index (κ1) is 5.93. The maximum Gasteiger partial charge on any atom is 0.103 e. The van der Waals surface area contributed by atoms with Crippen LogP contribution >= 0.6 is 0 Å². The molecular formula is C9H12N+. The molecule has 0 amide bonds. The van der Waals surface area contributed by atoms with Gasteiger partial charge in [0.15, 0.2) is 0 Å². The Morgan fingerprint density at radius 1 is 1.10 bits per heavy atom. The smallest absolute Gasteiger partial charge is 0.103 e. The molecule has 1 aliphatic heterocycles. The van der Waals surface area contributed by atoms with Crippen LogP contribution in [0.15, 0.2) is 24.3 Å². The lowest BCUT2D eigenvalue weighted by Crippen LogP contribution is -3.04. The molecule has 0 saturated heterocycles. The summed E-state index contributed by atoms with van der Waals surface area (Å²) >= 11 is 0. The van der Waals surface area contributed by atoms with Gasteiger partial charge < -0.3 is 4.90 Å². The molecule has 0 radical (unpaired) electrons. The van der Waals surface area contributed by atoms with Gasteiger partial charge in [0.25, 0.3) is 0 Å². The lowest BCUT2D eigenvalue weighted by atomic mass is 10.1. The Morgan fingerprint density at radius 2 is 1.60 bits per heavy atom. The first-order valence-corrected chi connectivity index (χ1v) is 3.74. The highest BCUT2D eigenvalue weighted by Gasteiger charge is 2.16. The molecule has 1 heteroatoms. The zero-order chi connectivity index (χ0) is 6.97. The topological polar surface area (TPSA) is 4.44 Å². The number of quaternary nitrogens is 1. The Balaban J connectivity index is 2.42. The van der Waals surface area contributed by atoms with Crippen molar-refractivity contribution in [2.45, 2.75) is 13.1 Å². The third kappa shape index (κ3) is 0.830. The second-order valence-corrected chi connectivity index (χ2v) is 3.08. The predicted octanol–water partition coefficient (Wildman–Crippen LogP) is 0.215. The molecule has 1 nitrogen and oxygen atoms in total. The van der Waals surface area contributed by atoms with Crippen LogP contribution in [0.5, 0.6) is 0 Å². The Labute approximate surface area is 61.3 Å². The Bertz CT molecular complexity index is 217. The lowest BCUT2D eigenvalue weighted by molar-refractivity contribution is -0.900. The monoisotopic (exact) mass is 134 g/mol. The van der Waals surface area contributed by atoms with E-state index in [1.807, 2.05) is 0 Å². The van der Waals surface area contributed by atoms with E-state index in [9.17, 15) is 0 Å². The number of fused-ring (bicyclic) bond motifs is 1. The molecular weight excluding hydrogens is 122 g/mol. The van der Waals surface area contributed by atoms with Gasteiger partial charge in [0.2, 0.25) is 0 Å². The molecule has 1 aromatic rings. The number of benzene rings is 1. The summed E-state index contributed by atoms with van der Waals surface area (Å²) in [6, 6.07) is 8.70. The number of rotatable bonds is 0. The minimum Gasteiger partial charge on any atom is -0.330 e. The molecule has 2 rings (SSSR count). The van der Waals surface area contributed by atoms with E-state index < -0.39 is 0 Å². The Hall–Kier alpha value is -0.820. The van der Waals surface area contributed by atoms with Gasteiger partial charge in [-0.05, 0) is 0 Å². The largest absolute Gasteiger partial charge is 0.330 e. The average molecular weight is 134 g/mol. The van der Waals surface area contributed by atoms with Gasteiger partial charge in [-0.25, -0.2) is 0 Å². The van der Waals surface area contributed by atoms with Gasteiger partial charge in [0.05, 0.1) is 7.05 Å². The van der Waals surface area contributed by atoms with Crippen molar-refractivity contribution in [2.24, 2.45) is 0 Å². The Morgan fingerprint density at radius 3 is 2.10 bits per heavy atom. The fourth-order valence-electron chi connectivity index (χ4n) is 1.62. The zero-order valence-electron chi connectivity index (χ0n) is 6.22. The van der Waals surface area contributed by atoms with Crippen molar-refractivity contribution < 1.29 is 4.90 Å². The predicted molar refractivity (Wildman–Crippen MR) is 40.7 cm³/mol. The van der Waals surface area contributed by atoms with E-state index in [1.165, 1.54) is 24.2 Å². The summed E-state index contributed by atoms with van der Waals surface area (Å²) in [5.74, 6) is 0. The molecule has 0 saturated carbocycles.